The number of esters is 1. The molecule has 1 aliphatic carbocycles. The third kappa shape index (κ3) is 5.37. The lowest BCUT2D eigenvalue weighted by Crippen LogP contribution is -2.36. The van der Waals surface area contributed by atoms with E-state index in [4.69, 9.17) is 16.3 Å². The van der Waals surface area contributed by atoms with Gasteiger partial charge in [-0.25, -0.2) is 0 Å². The number of carbonyl (C=O) groups excluding carboxylic acids is 1. The highest BCUT2D eigenvalue weighted by molar-refractivity contribution is 6.31. The van der Waals surface area contributed by atoms with Gasteiger partial charge in [-0.15, -0.1) is 12.4 Å². The van der Waals surface area contributed by atoms with Crippen LogP contribution in [0.5, 0.6) is 0 Å². The highest BCUT2D eigenvalue weighted by atomic mass is 35.5. The Labute approximate surface area is 168 Å². The van der Waals surface area contributed by atoms with Crippen molar-refractivity contribution in [2.75, 3.05) is 26.7 Å². The lowest BCUT2D eigenvalue weighted by Gasteiger charge is -2.30. The number of hydrogen-bond donors (Lipinski definition) is 0. The molecule has 3 nitrogen and oxygen atoms in total. The molecule has 3 rings (SSSR count). The Hall–Kier alpha value is -0.770. The van der Waals surface area contributed by atoms with Crippen LogP contribution in [-0.4, -0.2) is 37.6 Å². The summed E-state index contributed by atoms with van der Waals surface area (Å²) in [6, 6.07) is 6.26. The van der Waals surface area contributed by atoms with Crippen molar-refractivity contribution in [3.8, 4) is 0 Å². The van der Waals surface area contributed by atoms with E-state index in [2.05, 4.69) is 17.0 Å². The number of nitrogens with zero attached hydrogens (tertiary/aromatic N) is 1. The molecule has 0 radical (unpaired) electrons. The van der Waals surface area contributed by atoms with Gasteiger partial charge < -0.3 is 9.64 Å². The Kier molecular flexibility index (Phi) is 8.72. The summed E-state index contributed by atoms with van der Waals surface area (Å²) in [5.74, 6) is 0.169. The molecule has 146 valence electrons. The molecule has 1 aromatic carbocycles. The second kappa shape index (κ2) is 10.5. The third-order valence-electron chi connectivity index (χ3n) is 5.85. The van der Waals surface area contributed by atoms with Crippen LogP contribution in [0.3, 0.4) is 0 Å². The number of rotatable bonds is 5. The Balaban J connectivity index is 0.00000243. The van der Waals surface area contributed by atoms with E-state index in [0.29, 0.717) is 5.92 Å². The maximum atomic E-state index is 12.4. The van der Waals surface area contributed by atoms with E-state index in [-0.39, 0.29) is 24.3 Å². The molecule has 2 fully saturated rings. The van der Waals surface area contributed by atoms with E-state index in [9.17, 15) is 4.79 Å². The van der Waals surface area contributed by atoms with Gasteiger partial charge >= 0.3 is 5.97 Å². The van der Waals surface area contributed by atoms with Gasteiger partial charge in [0, 0.05) is 11.6 Å². The molecule has 0 N–H and O–H groups in total. The zero-order valence-corrected chi connectivity index (χ0v) is 17.3. The first kappa shape index (κ1) is 21.5. The zero-order valence-electron chi connectivity index (χ0n) is 15.7. The van der Waals surface area contributed by atoms with Gasteiger partial charge in [-0.05, 0) is 61.9 Å². The van der Waals surface area contributed by atoms with Gasteiger partial charge in [-0.2, -0.15) is 0 Å². The van der Waals surface area contributed by atoms with Crippen LogP contribution in [0.2, 0.25) is 5.02 Å². The van der Waals surface area contributed by atoms with Gasteiger partial charge in [0.1, 0.15) is 0 Å². The minimum absolute atomic E-state index is 0. The molecule has 2 aliphatic rings. The quantitative estimate of drug-likeness (QED) is 0.607. The summed E-state index contributed by atoms with van der Waals surface area (Å²) in [6.45, 7) is 2.87. The summed E-state index contributed by atoms with van der Waals surface area (Å²) in [5, 5.41) is 0.817. The fourth-order valence-electron chi connectivity index (χ4n) is 4.36. The van der Waals surface area contributed by atoms with Crippen molar-refractivity contribution in [1.29, 1.82) is 0 Å². The molecule has 1 heterocycles. The SMILES string of the molecule is COC(=O)C(CN1CCCCC1)c1ccc(C2CCCCC2)c(Cl)c1.Cl. The van der Waals surface area contributed by atoms with E-state index < -0.39 is 0 Å². The lowest BCUT2D eigenvalue weighted by atomic mass is 9.83. The summed E-state index contributed by atoms with van der Waals surface area (Å²) < 4.78 is 5.09. The van der Waals surface area contributed by atoms with Gasteiger partial charge in [0.2, 0.25) is 0 Å². The average Bonchev–Trinajstić information content (AvgIpc) is 2.67. The van der Waals surface area contributed by atoms with Crippen molar-refractivity contribution < 1.29 is 9.53 Å². The number of carbonyl (C=O) groups is 1. The van der Waals surface area contributed by atoms with Crippen LogP contribution in [0, 0.1) is 0 Å². The third-order valence-corrected chi connectivity index (χ3v) is 6.17. The topological polar surface area (TPSA) is 29.5 Å². The Bertz CT molecular complexity index is 581. The molecule has 1 unspecified atom stereocenters. The van der Waals surface area contributed by atoms with E-state index in [0.717, 1.165) is 30.2 Å². The summed E-state index contributed by atoms with van der Waals surface area (Å²) in [5.41, 5.74) is 2.24. The molecule has 0 aromatic heterocycles. The summed E-state index contributed by atoms with van der Waals surface area (Å²) in [4.78, 5) is 14.8. The maximum absolute atomic E-state index is 12.4. The van der Waals surface area contributed by atoms with Crippen LogP contribution < -0.4 is 0 Å². The fourth-order valence-corrected chi connectivity index (χ4v) is 4.71. The van der Waals surface area contributed by atoms with Crippen LogP contribution >= 0.6 is 24.0 Å². The fraction of sp³-hybridized carbons (Fsp3) is 0.667. The maximum Gasteiger partial charge on any atom is 0.314 e. The molecule has 1 aromatic rings. The average molecular weight is 400 g/mol. The minimum atomic E-state index is -0.249. The number of ether oxygens (including phenoxy) is 1. The number of hydrogen-bond acceptors (Lipinski definition) is 3. The molecule has 26 heavy (non-hydrogen) atoms. The van der Waals surface area contributed by atoms with E-state index in [1.165, 1.54) is 64.0 Å². The Morgan fingerprint density at radius 2 is 1.81 bits per heavy atom. The van der Waals surface area contributed by atoms with Gasteiger partial charge in [-0.1, -0.05) is 49.4 Å². The number of halogens is 2. The molecule has 0 amide bonds. The second-order valence-corrected chi connectivity index (χ2v) is 7.96. The van der Waals surface area contributed by atoms with E-state index >= 15 is 0 Å². The van der Waals surface area contributed by atoms with Crippen molar-refractivity contribution in [2.24, 2.45) is 0 Å². The van der Waals surface area contributed by atoms with Crippen LogP contribution in [0.4, 0.5) is 0 Å². The number of likely N-dealkylation sites (tertiary alicyclic amines) is 1. The first-order chi connectivity index (χ1) is 12.2. The van der Waals surface area contributed by atoms with Crippen LogP contribution in [0.1, 0.15) is 74.3 Å². The normalized spacial score (nSPS) is 20.2. The molecule has 0 bridgehead atoms. The molecule has 5 heteroatoms. The summed E-state index contributed by atoms with van der Waals surface area (Å²) in [7, 11) is 1.48. The summed E-state index contributed by atoms with van der Waals surface area (Å²) in [6.07, 6.45) is 10.1. The molecule has 1 saturated heterocycles. The van der Waals surface area contributed by atoms with Crippen molar-refractivity contribution >= 4 is 30.0 Å². The van der Waals surface area contributed by atoms with Crippen molar-refractivity contribution in [1.82, 2.24) is 4.90 Å². The van der Waals surface area contributed by atoms with Crippen LogP contribution in [-0.2, 0) is 9.53 Å². The number of piperidine rings is 1. The highest BCUT2D eigenvalue weighted by Gasteiger charge is 2.27. The molecule has 0 spiro atoms. The van der Waals surface area contributed by atoms with Crippen molar-refractivity contribution in [2.45, 2.75) is 63.2 Å². The largest absolute Gasteiger partial charge is 0.469 e. The van der Waals surface area contributed by atoms with E-state index in [1.54, 1.807) is 0 Å². The van der Waals surface area contributed by atoms with Gasteiger partial charge in [0.15, 0.2) is 0 Å². The first-order valence-electron chi connectivity index (χ1n) is 9.78. The molecular weight excluding hydrogens is 369 g/mol. The Morgan fingerprint density at radius 1 is 1.15 bits per heavy atom. The standard InChI is InChI=1S/C21H30ClNO2.ClH/c1-25-21(24)19(15-23-12-6-3-7-13-23)17-10-11-18(20(22)14-17)16-8-4-2-5-9-16;/h10-11,14,16,19H,2-9,12-13,15H2,1H3;1H. The predicted octanol–water partition coefficient (Wildman–Crippen LogP) is 5.55. The first-order valence-corrected chi connectivity index (χ1v) is 10.2. The lowest BCUT2D eigenvalue weighted by molar-refractivity contribution is -0.143. The molecule has 1 aliphatic heterocycles. The molecule has 1 atom stereocenters. The minimum Gasteiger partial charge on any atom is -0.469 e. The number of benzene rings is 1. The Morgan fingerprint density at radius 3 is 2.42 bits per heavy atom. The number of methoxy groups -OCH3 is 1. The van der Waals surface area contributed by atoms with Gasteiger partial charge in [0.25, 0.3) is 0 Å². The van der Waals surface area contributed by atoms with Crippen LogP contribution in [0.25, 0.3) is 0 Å². The smallest absolute Gasteiger partial charge is 0.314 e. The van der Waals surface area contributed by atoms with Crippen LogP contribution in [0.15, 0.2) is 18.2 Å². The van der Waals surface area contributed by atoms with Gasteiger partial charge in [0.05, 0.1) is 13.0 Å². The predicted molar refractivity (Wildman–Crippen MR) is 110 cm³/mol. The highest BCUT2D eigenvalue weighted by Crippen LogP contribution is 2.37. The summed E-state index contributed by atoms with van der Waals surface area (Å²) >= 11 is 6.63. The van der Waals surface area contributed by atoms with Crippen molar-refractivity contribution in [3.05, 3.63) is 34.3 Å². The monoisotopic (exact) mass is 399 g/mol. The van der Waals surface area contributed by atoms with Gasteiger partial charge in [-0.3, -0.25) is 4.79 Å². The van der Waals surface area contributed by atoms with E-state index in [1.807, 2.05) is 6.07 Å². The molecular formula is C21H31Cl2NO2. The van der Waals surface area contributed by atoms with Crippen molar-refractivity contribution in [3.63, 3.8) is 0 Å². The second-order valence-electron chi connectivity index (χ2n) is 7.55. The molecule has 1 saturated carbocycles. The zero-order chi connectivity index (χ0) is 17.6.